The zero-order valence-corrected chi connectivity index (χ0v) is 21.4. The summed E-state index contributed by atoms with van der Waals surface area (Å²) in [6.07, 6.45) is 7.70. The van der Waals surface area contributed by atoms with Gasteiger partial charge in [-0.15, -0.1) is 13.2 Å². The van der Waals surface area contributed by atoms with E-state index in [4.69, 9.17) is 0 Å². The minimum Gasteiger partial charge on any atom is -0.399 e. The molecule has 0 saturated heterocycles. The molecule has 37 heavy (non-hydrogen) atoms. The minimum absolute atomic E-state index is 0.0102. The van der Waals surface area contributed by atoms with Crippen molar-refractivity contribution >= 4 is 0 Å². The van der Waals surface area contributed by atoms with Gasteiger partial charge < -0.3 is 4.74 Å². The average Bonchev–Trinajstić information content (AvgIpc) is 2.86. The van der Waals surface area contributed by atoms with E-state index in [0.29, 0.717) is 17.9 Å². The molecule has 204 valence electrons. The molecule has 0 aliphatic heterocycles. The fourth-order valence-electron chi connectivity index (χ4n) is 6.25. The Morgan fingerprint density at radius 2 is 1.57 bits per heavy atom. The van der Waals surface area contributed by atoms with E-state index < -0.39 is 23.7 Å². The van der Waals surface area contributed by atoms with E-state index in [9.17, 15) is 22.0 Å². The lowest BCUT2D eigenvalue weighted by Gasteiger charge is -2.30. The molecule has 0 heterocycles. The second-order valence-corrected chi connectivity index (χ2v) is 10.8. The van der Waals surface area contributed by atoms with Crippen molar-refractivity contribution in [3.63, 3.8) is 0 Å². The van der Waals surface area contributed by atoms with Gasteiger partial charge in [0.1, 0.15) is 5.82 Å². The highest BCUT2D eigenvalue weighted by atomic mass is 19.4. The second-order valence-electron chi connectivity index (χ2n) is 10.8. The largest absolute Gasteiger partial charge is 0.573 e. The maximum Gasteiger partial charge on any atom is 0.573 e. The summed E-state index contributed by atoms with van der Waals surface area (Å²) in [6.45, 7) is 2.22. The molecule has 0 radical (unpaired) electrons. The van der Waals surface area contributed by atoms with Crippen LogP contribution in [0.5, 0.6) is 5.75 Å². The summed E-state index contributed by atoms with van der Waals surface area (Å²) in [5.74, 6) is -3.64. The monoisotopic (exact) mass is 526 g/mol. The van der Waals surface area contributed by atoms with Crippen LogP contribution in [-0.4, -0.2) is 6.36 Å². The van der Waals surface area contributed by atoms with Crippen molar-refractivity contribution < 1.29 is 31.1 Å². The number of unbranched alkanes of at least 4 members (excludes halogenated alkanes) is 4. The first kappa shape index (κ1) is 27.8. The molecule has 2 aliphatic carbocycles. The normalized spacial score (nSPS) is 22.1. The van der Waals surface area contributed by atoms with E-state index in [-0.39, 0.29) is 35.7 Å². The first-order valence-corrected chi connectivity index (χ1v) is 13.7. The summed E-state index contributed by atoms with van der Waals surface area (Å²) >= 11 is 0. The molecule has 2 aliphatic rings. The quantitative estimate of drug-likeness (QED) is 0.233. The SMILES string of the molecule is CCCCCCCC1CCC(c2ccc(C3CCc4c(cc(F)c(OC(F)(F)F)c4F)C3)c(F)c2)CC1. The van der Waals surface area contributed by atoms with Gasteiger partial charge in [-0.05, 0) is 97.1 Å². The Hall–Kier alpha value is -2.18. The van der Waals surface area contributed by atoms with Crippen LogP contribution in [0.15, 0.2) is 24.3 Å². The van der Waals surface area contributed by atoms with Crippen LogP contribution >= 0.6 is 0 Å². The van der Waals surface area contributed by atoms with Crippen LogP contribution in [0, 0.1) is 23.4 Å². The number of rotatable bonds is 9. The lowest BCUT2D eigenvalue weighted by Crippen LogP contribution is -2.21. The zero-order chi connectivity index (χ0) is 26.6. The first-order valence-electron chi connectivity index (χ1n) is 13.7. The van der Waals surface area contributed by atoms with Gasteiger partial charge >= 0.3 is 6.36 Å². The van der Waals surface area contributed by atoms with Gasteiger partial charge in [-0.2, -0.15) is 0 Å². The number of hydrogen-bond donors (Lipinski definition) is 0. The van der Waals surface area contributed by atoms with E-state index in [1.165, 1.54) is 51.4 Å². The summed E-state index contributed by atoms with van der Waals surface area (Å²) in [7, 11) is 0. The molecule has 4 rings (SSSR count). The van der Waals surface area contributed by atoms with Crippen LogP contribution in [0.2, 0.25) is 0 Å². The molecule has 7 heteroatoms. The Labute approximate surface area is 215 Å². The molecule has 1 fully saturated rings. The third kappa shape index (κ3) is 7.02. The van der Waals surface area contributed by atoms with Gasteiger partial charge in [-0.1, -0.05) is 57.6 Å². The number of halogens is 6. The van der Waals surface area contributed by atoms with Crippen molar-refractivity contribution in [2.24, 2.45) is 5.92 Å². The van der Waals surface area contributed by atoms with Gasteiger partial charge in [0.25, 0.3) is 0 Å². The molecule has 0 spiro atoms. The fourth-order valence-corrected chi connectivity index (χ4v) is 6.25. The number of ether oxygens (including phenoxy) is 1. The molecule has 0 aromatic heterocycles. The van der Waals surface area contributed by atoms with Crippen LogP contribution in [0.3, 0.4) is 0 Å². The minimum atomic E-state index is -5.19. The Kier molecular flexibility index (Phi) is 9.12. The van der Waals surface area contributed by atoms with Crippen LogP contribution < -0.4 is 4.74 Å². The highest BCUT2D eigenvalue weighted by Crippen LogP contribution is 2.42. The smallest absolute Gasteiger partial charge is 0.399 e. The molecular formula is C30H36F6O. The van der Waals surface area contributed by atoms with E-state index in [1.807, 2.05) is 6.07 Å². The lowest BCUT2D eigenvalue weighted by molar-refractivity contribution is -0.276. The molecule has 0 bridgehead atoms. The molecule has 1 nitrogen and oxygen atoms in total. The fraction of sp³-hybridized carbons (Fsp3) is 0.600. The predicted octanol–water partition coefficient (Wildman–Crippen LogP) is 9.91. The van der Waals surface area contributed by atoms with Crippen molar-refractivity contribution in [1.82, 2.24) is 0 Å². The maximum absolute atomic E-state index is 15.2. The Balaban J connectivity index is 1.37. The number of alkyl halides is 3. The molecule has 2 aromatic rings. The van der Waals surface area contributed by atoms with Crippen LogP contribution in [0.4, 0.5) is 26.3 Å². The summed E-state index contributed by atoms with van der Waals surface area (Å²) in [5.41, 5.74) is 1.77. The molecule has 0 N–H and O–H groups in total. The van der Waals surface area contributed by atoms with E-state index in [0.717, 1.165) is 30.4 Å². The average molecular weight is 527 g/mol. The summed E-state index contributed by atoms with van der Waals surface area (Å²) < 4.78 is 85.3. The lowest BCUT2D eigenvalue weighted by atomic mass is 9.76. The Morgan fingerprint density at radius 3 is 2.24 bits per heavy atom. The van der Waals surface area contributed by atoms with Gasteiger partial charge in [0, 0.05) is 0 Å². The standard InChI is InChI=1S/C30H36F6O/c1-2-3-4-5-6-7-19-8-10-20(11-9-19)21-12-14-24(26(31)17-21)22-13-15-25-23(16-22)18-27(32)29(28(25)33)37-30(34,35)36/h12,14,17-20,22H,2-11,13,15-16H2,1H3. The van der Waals surface area contributed by atoms with Crippen molar-refractivity contribution in [1.29, 1.82) is 0 Å². The summed E-state index contributed by atoms with van der Waals surface area (Å²) in [4.78, 5) is 0. The Morgan fingerprint density at radius 1 is 0.838 bits per heavy atom. The van der Waals surface area contributed by atoms with Crippen LogP contribution in [0.1, 0.15) is 112 Å². The highest BCUT2D eigenvalue weighted by molar-refractivity contribution is 5.43. The van der Waals surface area contributed by atoms with Gasteiger partial charge in [0.05, 0.1) is 0 Å². The van der Waals surface area contributed by atoms with Crippen molar-refractivity contribution in [2.75, 3.05) is 0 Å². The number of fused-ring (bicyclic) bond motifs is 1. The maximum atomic E-state index is 15.2. The van der Waals surface area contributed by atoms with E-state index in [2.05, 4.69) is 11.7 Å². The number of benzene rings is 2. The zero-order valence-electron chi connectivity index (χ0n) is 21.4. The van der Waals surface area contributed by atoms with Gasteiger partial charge in [-0.25, -0.2) is 13.2 Å². The van der Waals surface area contributed by atoms with Crippen molar-refractivity contribution in [3.05, 3.63) is 64.0 Å². The van der Waals surface area contributed by atoms with Crippen LogP contribution in [0.25, 0.3) is 0 Å². The highest BCUT2D eigenvalue weighted by Gasteiger charge is 2.36. The molecule has 1 saturated carbocycles. The van der Waals surface area contributed by atoms with Crippen LogP contribution in [-0.2, 0) is 12.8 Å². The Bertz CT molecular complexity index is 1060. The third-order valence-electron chi connectivity index (χ3n) is 8.30. The van der Waals surface area contributed by atoms with E-state index in [1.54, 1.807) is 12.1 Å². The third-order valence-corrected chi connectivity index (χ3v) is 8.30. The summed E-state index contributed by atoms with van der Waals surface area (Å²) in [6, 6.07) is 6.27. The summed E-state index contributed by atoms with van der Waals surface area (Å²) in [5, 5.41) is 0. The molecule has 1 atom stereocenters. The topological polar surface area (TPSA) is 9.23 Å². The predicted molar refractivity (Wildman–Crippen MR) is 132 cm³/mol. The van der Waals surface area contributed by atoms with Gasteiger partial charge in [-0.3, -0.25) is 0 Å². The molecule has 2 aromatic carbocycles. The number of hydrogen-bond acceptors (Lipinski definition) is 1. The molecule has 1 unspecified atom stereocenters. The molecule has 0 amide bonds. The first-order chi connectivity index (χ1) is 17.7. The van der Waals surface area contributed by atoms with E-state index >= 15 is 4.39 Å². The van der Waals surface area contributed by atoms with Gasteiger partial charge in [0.15, 0.2) is 11.6 Å². The van der Waals surface area contributed by atoms with Gasteiger partial charge in [0.2, 0.25) is 5.75 Å². The second kappa shape index (κ2) is 12.1. The van der Waals surface area contributed by atoms with Crippen molar-refractivity contribution in [3.8, 4) is 5.75 Å². The van der Waals surface area contributed by atoms with Crippen molar-refractivity contribution in [2.45, 2.75) is 109 Å². The molecular weight excluding hydrogens is 490 g/mol.